The number of ether oxygens (including phenoxy) is 2. The molecular weight excluding hydrogens is 390 g/mol. The standard InChI is InChI=1S/C20H29N5O3S/c1-15-18(29-16(2)23-15)11-25-8-9-28-20(12-25)10-17(27-13-20)19(26)22-4-3-6-24-7-5-21-14-24/h5,7,14,17H,3-4,6,8-13H2,1-2H3,(H,22,26). The van der Waals surface area contributed by atoms with Crippen molar-refractivity contribution in [3.8, 4) is 0 Å². The van der Waals surface area contributed by atoms with E-state index in [0.29, 0.717) is 26.2 Å². The van der Waals surface area contributed by atoms with Gasteiger partial charge in [-0.25, -0.2) is 9.97 Å². The number of aryl methyl sites for hydroxylation is 3. The molecule has 2 unspecified atom stereocenters. The number of carbonyl (C=O) groups excluding carboxylic acids is 1. The van der Waals surface area contributed by atoms with Gasteiger partial charge >= 0.3 is 0 Å². The summed E-state index contributed by atoms with van der Waals surface area (Å²) in [6.45, 7) is 9.28. The highest BCUT2D eigenvalue weighted by Gasteiger charge is 2.46. The summed E-state index contributed by atoms with van der Waals surface area (Å²) >= 11 is 1.76. The van der Waals surface area contributed by atoms with Gasteiger partial charge in [0, 0.05) is 56.4 Å². The number of imidazole rings is 1. The lowest BCUT2D eigenvalue weighted by Gasteiger charge is -2.39. The molecule has 0 aliphatic carbocycles. The molecule has 2 aromatic rings. The van der Waals surface area contributed by atoms with Crippen LogP contribution in [0.4, 0.5) is 0 Å². The van der Waals surface area contributed by atoms with Gasteiger partial charge in [0.05, 0.1) is 30.2 Å². The maximum atomic E-state index is 12.5. The molecule has 2 atom stereocenters. The van der Waals surface area contributed by atoms with Crippen molar-refractivity contribution in [2.45, 2.75) is 51.5 Å². The molecule has 1 N–H and O–H groups in total. The normalized spacial score (nSPS) is 25.0. The van der Waals surface area contributed by atoms with Crippen LogP contribution in [0.15, 0.2) is 18.7 Å². The van der Waals surface area contributed by atoms with Gasteiger partial charge < -0.3 is 19.4 Å². The molecule has 1 spiro atoms. The summed E-state index contributed by atoms with van der Waals surface area (Å²) in [5.41, 5.74) is 0.730. The van der Waals surface area contributed by atoms with E-state index in [1.807, 2.05) is 17.7 Å². The molecule has 158 valence electrons. The molecule has 2 fully saturated rings. The minimum absolute atomic E-state index is 0.0397. The fourth-order valence-corrected chi connectivity index (χ4v) is 5.05. The topological polar surface area (TPSA) is 81.5 Å². The third kappa shape index (κ3) is 5.03. The van der Waals surface area contributed by atoms with Crippen molar-refractivity contribution in [1.82, 2.24) is 24.8 Å². The number of amides is 1. The zero-order valence-corrected chi connectivity index (χ0v) is 17.9. The summed E-state index contributed by atoms with van der Waals surface area (Å²) in [6, 6.07) is 0. The molecule has 4 rings (SSSR count). The van der Waals surface area contributed by atoms with Crippen molar-refractivity contribution in [2.75, 3.05) is 32.8 Å². The predicted molar refractivity (Wildman–Crippen MR) is 110 cm³/mol. The molecule has 2 saturated heterocycles. The van der Waals surface area contributed by atoms with E-state index in [-0.39, 0.29) is 11.5 Å². The summed E-state index contributed by atoms with van der Waals surface area (Å²) in [4.78, 5) is 24.8. The van der Waals surface area contributed by atoms with E-state index in [2.05, 4.69) is 27.1 Å². The lowest BCUT2D eigenvalue weighted by atomic mass is 9.97. The first-order valence-corrected chi connectivity index (χ1v) is 11.0. The fraction of sp³-hybridized carbons (Fsp3) is 0.650. The van der Waals surface area contributed by atoms with E-state index in [1.165, 1.54) is 4.88 Å². The number of thiazole rings is 1. The minimum atomic E-state index is -0.435. The van der Waals surface area contributed by atoms with Crippen LogP contribution in [0, 0.1) is 13.8 Å². The molecule has 1 amide bonds. The fourth-order valence-electron chi connectivity index (χ4n) is 4.08. The number of carbonyl (C=O) groups is 1. The highest BCUT2D eigenvalue weighted by atomic mass is 32.1. The van der Waals surface area contributed by atoms with E-state index in [9.17, 15) is 4.79 Å². The summed E-state index contributed by atoms with van der Waals surface area (Å²) < 4.78 is 14.0. The van der Waals surface area contributed by atoms with Gasteiger partial charge in [-0.1, -0.05) is 0 Å². The van der Waals surface area contributed by atoms with Crippen LogP contribution < -0.4 is 5.32 Å². The monoisotopic (exact) mass is 419 g/mol. The Labute approximate surface area is 175 Å². The first-order valence-electron chi connectivity index (χ1n) is 10.2. The Morgan fingerprint density at radius 1 is 1.45 bits per heavy atom. The molecular formula is C20H29N5O3S. The van der Waals surface area contributed by atoms with Gasteiger partial charge in [0.1, 0.15) is 11.7 Å². The number of rotatable bonds is 7. The molecule has 29 heavy (non-hydrogen) atoms. The summed E-state index contributed by atoms with van der Waals surface area (Å²) in [5.74, 6) is -0.0397. The largest absolute Gasteiger partial charge is 0.370 e. The summed E-state index contributed by atoms with van der Waals surface area (Å²) in [7, 11) is 0. The van der Waals surface area contributed by atoms with Crippen LogP contribution in [0.1, 0.15) is 28.4 Å². The molecule has 8 nitrogen and oxygen atoms in total. The Morgan fingerprint density at radius 2 is 2.34 bits per heavy atom. The minimum Gasteiger partial charge on any atom is -0.370 e. The number of nitrogens with one attached hydrogen (secondary N) is 1. The van der Waals surface area contributed by atoms with Gasteiger partial charge in [-0.2, -0.15) is 0 Å². The number of morpholine rings is 1. The molecule has 9 heteroatoms. The highest BCUT2D eigenvalue weighted by Crippen LogP contribution is 2.32. The predicted octanol–water partition coefficient (Wildman–Crippen LogP) is 1.52. The van der Waals surface area contributed by atoms with Gasteiger partial charge in [0.15, 0.2) is 0 Å². The number of aromatic nitrogens is 3. The molecule has 0 saturated carbocycles. The number of nitrogens with zero attached hydrogens (tertiary/aromatic N) is 4. The van der Waals surface area contributed by atoms with Gasteiger partial charge in [-0.05, 0) is 20.3 Å². The Hall–Kier alpha value is -1.81. The first-order chi connectivity index (χ1) is 14.0. The molecule has 2 aliphatic heterocycles. The van der Waals surface area contributed by atoms with E-state index in [4.69, 9.17) is 9.47 Å². The van der Waals surface area contributed by atoms with Crippen LogP contribution in [-0.4, -0.2) is 69.9 Å². The van der Waals surface area contributed by atoms with Crippen molar-refractivity contribution in [1.29, 1.82) is 0 Å². The van der Waals surface area contributed by atoms with Crippen LogP contribution in [0.25, 0.3) is 0 Å². The lowest BCUT2D eigenvalue weighted by Crippen LogP contribution is -2.52. The molecule has 0 bridgehead atoms. The van der Waals surface area contributed by atoms with Crippen LogP contribution in [-0.2, 0) is 27.4 Å². The summed E-state index contributed by atoms with van der Waals surface area (Å²) in [5, 5.41) is 4.10. The number of hydrogen-bond acceptors (Lipinski definition) is 7. The van der Waals surface area contributed by atoms with Crippen molar-refractivity contribution < 1.29 is 14.3 Å². The number of hydrogen-bond donors (Lipinski definition) is 1. The molecule has 4 heterocycles. The highest BCUT2D eigenvalue weighted by molar-refractivity contribution is 7.11. The first kappa shape index (κ1) is 20.5. The maximum absolute atomic E-state index is 12.5. The second-order valence-corrected chi connectivity index (χ2v) is 9.22. The molecule has 0 radical (unpaired) electrons. The average Bonchev–Trinajstić information content (AvgIpc) is 3.41. The quantitative estimate of drug-likeness (QED) is 0.686. The Balaban J connectivity index is 1.25. The van der Waals surface area contributed by atoms with Gasteiger partial charge in [-0.15, -0.1) is 11.3 Å². The SMILES string of the molecule is Cc1nc(C)c(CN2CCOC3(COC(C(=O)NCCCn4ccnc4)C3)C2)s1. The zero-order chi connectivity index (χ0) is 20.3. The van der Waals surface area contributed by atoms with Gasteiger partial charge in [0.25, 0.3) is 0 Å². The van der Waals surface area contributed by atoms with Crippen molar-refractivity contribution in [2.24, 2.45) is 0 Å². The van der Waals surface area contributed by atoms with Crippen LogP contribution in [0.2, 0.25) is 0 Å². The third-order valence-electron chi connectivity index (χ3n) is 5.54. The van der Waals surface area contributed by atoms with Crippen molar-refractivity contribution in [3.05, 3.63) is 34.3 Å². The lowest BCUT2D eigenvalue weighted by molar-refractivity contribution is -0.130. The Bertz CT molecular complexity index is 824. The van der Waals surface area contributed by atoms with Crippen LogP contribution in [0.3, 0.4) is 0 Å². The van der Waals surface area contributed by atoms with Gasteiger partial charge in [0.2, 0.25) is 5.91 Å². The Kier molecular flexibility index (Phi) is 6.29. The van der Waals surface area contributed by atoms with Crippen molar-refractivity contribution >= 4 is 17.2 Å². The summed E-state index contributed by atoms with van der Waals surface area (Å²) in [6.07, 6.45) is 6.50. The Morgan fingerprint density at radius 3 is 3.10 bits per heavy atom. The van der Waals surface area contributed by atoms with Crippen LogP contribution >= 0.6 is 11.3 Å². The average molecular weight is 420 g/mol. The van der Waals surface area contributed by atoms with E-state index < -0.39 is 6.10 Å². The van der Waals surface area contributed by atoms with Gasteiger partial charge in [-0.3, -0.25) is 9.69 Å². The van der Waals surface area contributed by atoms with E-state index in [1.54, 1.807) is 23.9 Å². The molecule has 2 aliphatic rings. The zero-order valence-electron chi connectivity index (χ0n) is 17.1. The second-order valence-electron chi connectivity index (χ2n) is 7.93. The smallest absolute Gasteiger partial charge is 0.249 e. The van der Waals surface area contributed by atoms with E-state index >= 15 is 0 Å². The van der Waals surface area contributed by atoms with Crippen LogP contribution in [0.5, 0.6) is 0 Å². The van der Waals surface area contributed by atoms with Crippen molar-refractivity contribution in [3.63, 3.8) is 0 Å². The van der Waals surface area contributed by atoms with E-state index in [0.717, 1.165) is 43.3 Å². The third-order valence-corrected chi connectivity index (χ3v) is 6.60. The maximum Gasteiger partial charge on any atom is 0.249 e. The second kappa shape index (κ2) is 8.91. The molecule has 0 aromatic carbocycles. The molecule has 2 aromatic heterocycles.